The molecule has 0 bridgehead atoms. The van der Waals surface area contributed by atoms with Gasteiger partial charge in [0.1, 0.15) is 0 Å². The molecule has 0 fully saturated rings. The van der Waals surface area contributed by atoms with Gasteiger partial charge in [0.15, 0.2) is 0 Å². The highest BCUT2D eigenvalue weighted by Gasteiger charge is 2.36. The summed E-state index contributed by atoms with van der Waals surface area (Å²) in [5.41, 5.74) is 0.557. The number of benzene rings is 1. The summed E-state index contributed by atoms with van der Waals surface area (Å²) in [4.78, 5) is 29.3. The first-order chi connectivity index (χ1) is 9.83. The summed E-state index contributed by atoms with van der Waals surface area (Å²) in [6.07, 6.45) is 0.495. The van der Waals surface area contributed by atoms with Gasteiger partial charge < -0.3 is 0 Å². The van der Waals surface area contributed by atoms with Crippen LogP contribution >= 0.6 is 10.7 Å². The molecule has 1 unspecified atom stereocenters. The van der Waals surface area contributed by atoms with Crippen LogP contribution in [0, 0.1) is 5.92 Å². The van der Waals surface area contributed by atoms with Crippen molar-refractivity contribution < 1.29 is 22.8 Å². The van der Waals surface area contributed by atoms with E-state index in [9.17, 15) is 18.0 Å². The van der Waals surface area contributed by atoms with Crippen LogP contribution < -0.4 is 0 Å². The number of fused-ring (bicyclic) bond motifs is 1. The maximum absolute atomic E-state index is 12.0. The zero-order valence-corrected chi connectivity index (χ0v) is 12.9. The van der Waals surface area contributed by atoms with E-state index in [2.05, 4.69) is 0 Å². The molecule has 114 valence electrons. The van der Waals surface area contributed by atoms with Gasteiger partial charge in [-0.05, 0) is 24.5 Å². The first-order valence-electron chi connectivity index (χ1n) is 6.36. The molecular weight excluding hydrogens is 318 g/mol. The lowest BCUT2D eigenvalue weighted by molar-refractivity contribution is -0.101. The minimum atomic E-state index is -3.66. The zero-order valence-electron chi connectivity index (χ0n) is 11.3. The van der Waals surface area contributed by atoms with E-state index in [1.54, 1.807) is 31.2 Å². The van der Waals surface area contributed by atoms with Crippen LogP contribution in [0.2, 0.25) is 0 Å². The van der Waals surface area contributed by atoms with Gasteiger partial charge in [0.05, 0.1) is 23.5 Å². The number of carbonyl (C=O) groups is 2. The van der Waals surface area contributed by atoms with E-state index in [1.807, 2.05) is 0 Å². The number of imide groups is 1. The minimum Gasteiger partial charge on any atom is -0.266 e. The predicted octanol–water partition coefficient (Wildman–Crippen LogP) is 1.81. The summed E-state index contributed by atoms with van der Waals surface area (Å²) in [7, 11) is 1.54. The lowest BCUT2D eigenvalue weighted by atomic mass is 10.1. The Kier molecular flexibility index (Phi) is 4.65. The van der Waals surface area contributed by atoms with Crippen LogP contribution in [0.25, 0.3) is 0 Å². The smallest absolute Gasteiger partial charge is 0.266 e. The number of rotatable bonds is 6. The monoisotopic (exact) mass is 331 g/mol. The van der Waals surface area contributed by atoms with Crippen LogP contribution in [0.15, 0.2) is 24.3 Å². The second kappa shape index (κ2) is 6.13. The van der Waals surface area contributed by atoms with Crippen molar-refractivity contribution in [1.82, 2.24) is 5.06 Å². The lowest BCUT2D eigenvalue weighted by Crippen LogP contribution is -2.33. The van der Waals surface area contributed by atoms with Gasteiger partial charge in [-0.2, -0.15) is 0 Å². The molecule has 1 aromatic carbocycles. The highest BCUT2D eigenvalue weighted by atomic mass is 35.7. The van der Waals surface area contributed by atoms with Gasteiger partial charge in [0.2, 0.25) is 9.05 Å². The van der Waals surface area contributed by atoms with E-state index in [1.165, 1.54) is 0 Å². The molecule has 8 heteroatoms. The minimum absolute atomic E-state index is 0.0755. The largest absolute Gasteiger partial charge is 0.285 e. The maximum atomic E-state index is 12.0. The number of amides is 2. The van der Waals surface area contributed by atoms with Crippen molar-refractivity contribution in [3.05, 3.63) is 35.4 Å². The van der Waals surface area contributed by atoms with Crippen LogP contribution in [0.3, 0.4) is 0 Å². The fourth-order valence-corrected chi connectivity index (χ4v) is 3.46. The van der Waals surface area contributed by atoms with E-state index < -0.39 is 26.8 Å². The number of hydroxylamine groups is 2. The molecule has 1 aromatic rings. The molecule has 1 atom stereocenters. The summed E-state index contributed by atoms with van der Waals surface area (Å²) in [6, 6.07) is 6.39. The molecule has 0 spiro atoms. The summed E-state index contributed by atoms with van der Waals surface area (Å²) in [6.45, 7) is 1.70. The standard InChI is InChI=1S/C13H14ClNO5S/c1-2-9(8-21(14,18)19)7-20-15-12(16)10-5-3-4-6-11(10)13(15)17/h3-6,9H,2,7-8H2,1H3. The quantitative estimate of drug-likeness (QED) is 0.586. The van der Waals surface area contributed by atoms with Crippen LogP contribution in [0.1, 0.15) is 34.1 Å². The topological polar surface area (TPSA) is 80.8 Å². The summed E-state index contributed by atoms with van der Waals surface area (Å²) >= 11 is 0. The van der Waals surface area contributed by atoms with Gasteiger partial charge in [-0.25, -0.2) is 8.42 Å². The molecule has 0 aliphatic carbocycles. The van der Waals surface area contributed by atoms with Crippen LogP contribution in [-0.4, -0.2) is 37.7 Å². The van der Waals surface area contributed by atoms with Gasteiger partial charge in [0, 0.05) is 10.7 Å². The number of carbonyl (C=O) groups excluding carboxylic acids is 2. The third kappa shape index (κ3) is 3.61. The van der Waals surface area contributed by atoms with Gasteiger partial charge >= 0.3 is 0 Å². The Hall–Kier alpha value is -1.44. The second-order valence-electron chi connectivity index (χ2n) is 4.73. The van der Waals surface area contributed by atoms with Gasteiger partial charge in [-0.15, -0.1) is 5.06 Å². The number of nitrogens with zero attached hydrogens (tertiary/aromatic N) is 1. The molecular formula is C13H14ClNO5S. The molecule has 1 aliphatic heterocycles. The van der Waals surface area contributed by atoms with Gasteiger partial charge in [0.25, 0.3) is 11.8 Å². The number of halogens is 1. The van der Waals surface area contributed by atoms with Crippen molar-refractivity contribution in [2.45, 2.75) is 13.3 Å². The number of hydrogen-bond donors (Lipinski definition) is 0. The molecule has 0 radical (unpaired) electrons. The van der Waals surface area contributed by atoms with E-state index >= 15 is 0 Å². The first kappa shape index (κ1) is 15.9. The first-order valence-corrected chi connectivity index (χ1v) is 8.84. The van der Waals surface area contributed by atoms with E-state index in [-0.39, 0.29) is 23.5 Å². The van der Waals surface area contributed by atoms with Crippen molar-refractivity contribution in [1.29, 1.82) is 0 Å². The molecule has 1 aliphatic rings. The Bertz CT molecular complexity index is 638. The average Bonchev–Trinajstić information content (AvgIpc) is 2.67. The summed E-state index contributed by atoms with van der Waals surface area (Å²) < 4.78 is 22.1. The van der Waals surface area contributed by atoms with Crippen molar-refractivity contribution in [2.24, 2.45) is 5.92 Å². The lowest BCUT2D eigenvalue weighted by Gasteiger charge is -2.18. The molecule has 2 amide bonds. The van der Waals surface area contributed by atoms with E-state index in [0.717, 1.165) is 0 Å². The fraction of sp³-hybridized carbons (Fsp3) is 0.385. The highest BCUT2D eigenvalue weighted by molar-refractivity contribution is 8.13. The van der Waals surface area contributed by atoms with Crippen molar-refractivity contribution in [2.75, 3.05) is 12.4 Å². The van der Waals surface area contributed by atoms with Crippen molar-refractivity contribution in [3.8, 4) is 0 Å². The zero-order chi connectivity index (χ0) is 15.6. The van der Waals surface area contributed by atoms with Crippen LogP contribution in [-0.2, 0) is 13.9 Å². The molecule has 0 N–H and O–H groups in total. The Labute approximate surface area is 127 Å². The predicted molar refractivity (Wildman–Crippen MR) is 76.3 cm³/mol. The van der Waals surface area contributed by atoms with Crippen molar-refractivity contribution in [3.63, 3.8) is 0 Å². The third-order valence-corrected chi connectivity index (χ3v) is 4.46. The molecule has 2 rings (SSSR count). The summed E-state index contributed by atoms with van der Waals surface area (Å²) in [5.74, 6) is -1.75. The Morgan fingerprint density at radius 2 is 1.71 bits per heavy atom. The Morgan fingerprint density at radius 1 is 1.19 bits per heavy atom. The summed E-state index contributed by atoms with van der Waals surface area (Å²) in [5, 5.41) is 0.675. The van der Waals surface area contributed by atoms with Gasteiger partial charge in [-0.1, -0.05) is 19.1 Å². The molecule has 21 heavy (non-hydrogen) atoms. The molecule has 0 aromatic heterocycles. The third-order valence-electron chi connectivity index (χ3n) is 3.21. The molecule has 0 saturated carbocycles. The van der Waals surface area contributed by atoms with Crippen LogP contribution in [0.4, 0.5) is 0 Å². The highest BCUT2D eigenvalue weighted by Crippen LogP contribution is 2.23. The van der Waals surface area contributed by atoms with Crippen molar-refractivity contribution >= 4 is 31.5 Å². The molecule has 0 saturated heterocycles. The van der Waals surface area contributed by atoms with E-state index in [4.69, 9.17) is 15.5 Å². The average molecular weight is 332 g/mol. The SMILES string of the molecule is CCC(CON1C(=O)c2ccccc2C1=O)CS(=O)(=O)Cl. The molecule has 6 nitrogen and oxygen atoms in total. The van der Waals surface area contributed by atoms with E-state index in [0.29, 0.717) is 11.5 Å². The normalized spacial score (nSPS) is 16.2. The fourth-order valence-electron chi connectivity index (χ4n) is 2.03. The molecule has 1 heterocycles. The maximum Gasteiger partial charge on any atom is 0.285 e. The Morgan fingerprint density at radius 3 is 2.14 bits per heavy atom. The Balaban J connectivity index is 2.05. The van der Waals surface area contributed by atoms with Crippen LogP contribution in [0.5, 0.6) is 0 Å². The number of hydrogen-bond acceptors (Lipinski definition) is 5. The second-order valence-corrected chi connectivity index (χ2v) is 7.55. The van der Waals surface area contributed by atoms with Gasteiger partial charge in [-0.3, -0.25) is 14.4 Å².